The first-order valence-corrected chi connectivity index (χ1v) is 10.7. The van der Waals surface area contributed by atoms with Gasteiger partial charge in [0, 0.05) is 25.8 Å². The molecule has 0 radical (unpaired) electrons. The molecule has 3 unspecified atom stereocenters. The second-order valence-electron chi connectivity index (χ2n) is 7.56. The fourth-order valence-electron chi connectivity index (χ4n) is 1.14. The van der Waals surface area contributed by atoms with Crippen molar-refractivity contribution < 1.29 is 9.47 Å². The summed E-state index contributed by atoms with van der Waals surface area (Å²) < 4.78 is 10.0. The highest BCUT2D eigenvalue weighted by Crippen LogP contribution is 2.12. The van der Waals surface area contributed by atoms with Gasteiger partial charge in [0.2, 0.25) is 0 Å². The fourth-order valence-corrected chi connectivity index (χ4v) is 1.14. The van der Waals surface area contributed by atoms with Gasteiger partial charge in [0.25, 0.3) is 0 Å². The summed E-state index contributed by atoms with van der Waals surface area (Å²) in [6.07, 6.45) is 5.47. The number of rotatable bonds is 5. The van der Waals surface area contributed by atoms with Gasteiger partial charge in [0.1, 0.15) is 0 Å². The van der Waals surface area contributed by atoms with E-state index in [4.69, 9.17) is 26.7 Å². The molecule has 0 aromatic rings. The number of ether oxygens (including phenoxy) is 2. The summed E-state index contributed by atoms with van der Waals surface area (Å²) >= 11 is 0. The van der Waals surface area contributed by atoms with Crippen molar-refractivity contribution in [3.63, 3.8) is 0 Å². The summed E-state index contributed by atoms with van der Waals surface area (Å²) in [5, 5.41) is 0. The van der Waals surface area contributed by atoms with Crippen LogP contribution in [0.25, 0.3) is 0 Å². The Kier molecular flexibility index (Phi) is 27.7. The lowest BCUT2D eigenvalue weighted by Gasteiger charge is -2.29. The molecular formula is C21H52N4O2. The van der Waals surface area contributed by atoms with Crippen LogP contribution in [0.3, 0.4) is 0 Å². The largest absolute Gasteiger partial charge is 0.377 e. The maximum Gasteiger partial charge on any atom is 0.0745 e. The molecule has 2 aliphatic rings. The molecule has 6 nitrogen and oxygen atoms in total. The van der Waals surface area contributed by atoms with Gasteiger partial charge < -0.3 is 31.6 Å². The Morgan fingerprint density at radius 1 is 0.963 bits per heavy atom. The molecule has 2 saturated heterocycles. The van der Waals surface area contributed by atoms with Crippen molar-refractivity contribution in [3.8, 4) is 0 Å². The van der Waals surface area contributed by atoms with Crippen LogP contribution < -0.4 is 17.2 Å². The van der Waals surface area contributed by atoms with E-state index in [1.54, 1.807) is 0 Å². The minimum atomic E-state index is 0.230. The van der Waals surface area contributed by atoms with Crippen molar-refractivity contribution in [1.82, 2.24) is 4.90 Å². The Labute approximate surface area is 170 Å². The minimum absolute atomic E-state index is 0.230. The van der Waals surface area contributed by atoms with Gasteiger partial charge in [-0.05, 0) is 59.3 Å². The van der Waals surface area contributed by atoms with Gasteiger partial charge in [0.05, 0.1) is 12.2 Å². The maximum atomic E-state index is 5.47. The van der Waals surface area contributed by atoms with Crippen molar-refractivity contribution in [1.29, 1.82) is 0 Å². The van der Waals surface area contributed by atoms with Crippen LogP contribution in [-0.2, 0) is 9.47 Å². The summed E-state index contributed by atoms with van der Waals surface area (Å²) in [4.78, 5) is 2.12. The zero-order chi connectivity index (χ0) is 21.7. The van der Waals surface area contributed by atoms with Gasteiger partial charge in [0.15, 0.2) is 0 Å². The molecule has 0 aliphatic carbocycles. The van der Waals surface area contributed by atoms with Crippen LogP contribution >= 0.6 is 0 Å². The van der Waals surface area contributed by atoms with Crippen molar-refractivity contribution >= 4 is 0 Å². The predicted molar refractivity (Wildman–Crippen MR) is 120 cm³/mol. The van der Waals surface area contributed by atoms with E-state index in [2.05, 4.69) is 53.6 Å². The van der Waals surface area contributed by atoms with Crippen LogP contribution in [0.1, 0.15) is 67.2 Å². The van der Waals surface area contributed by atoms with Gasteiger partial charge >= 0.3 is 0 Å². The van der Waals surface area contributed by atoms with Crippen molar-refractivity contribution in [3.05, 3.63) is 0 Å². The average molecular weight is 393 g/mol. The zero-order valence-corrected chi connectivity index (χ0v) is 19.7. The molecule has 2 fully saturated rings. The third-order valence-corrected chi connectivity index (χ3v) is 4.11. The van der Waals surface area contributed by atoms with Crippen LogP contribution in [0.2, 0.25) is 0 Å². The molecule has 2 heterocycles. The number of hydrogen-bond acceptors (Lipinski definition) is 6. The Balaban J connectivity index is -0.000000271. The number of nitrogens with two attached hydrogens (primary N) is 3. The van der Waals surface area contributed by atoms with Gasteiger partial charge in [-0.25, -0.2) is 0 Å². The van der Waals surface area contributed by atoms with E-state index < -0.39 is 0 Å². The quantitative estimate of drug-likeness (QED) is 0.665. The van der Waals surface area contributed by atoms with E-state index in [1.165, 1.54) is 6.42 Å². The summed E-state index contributed by atoms with van der Waals surface area (Å²) in [5.74, 6) is 0.884. The number of nitrogens with zero attached hydrogens (tertiary/aromatic N) is 1. The van der Waals surface area contributed by atoms with Crippen LogP contribution in [-0.4, -0.2) is 70.1 Å². The Bertz CT molecular complexity index is 244. The molecule has 0 aromatic heterocycles. The molecule has 0 spiro atoms. The molecular weight excluding hydrogens is 340 g/mol. The summed E-state index contributed by atoms with van der Waals surface area (Å²) in [5.41, 5.74) is 15.7. The van der Waals surface area contributed by atoms with Gasteiger partial charge in [-0.15, -0.1) is 0 Å². The normalized spacial score (nSPS) is 20.8. The van der Waals surface area contributed by atoms with Gasteiger partial charge in [-0.3, -0.25) is 0 Å². The SMILES string of the molecule is CC(N)C1CCO1.CCC(C)C.CCCN.CCN(C)C.NCC1CCO1. The van der Waals surface area contributed by atoms with E-state index in [-0.39, 0.29) is 6.04 Å². The van der Waals surface area contributed by atoms with E-state index in [0.29, 0.717) is 18.8 Å². The average Bonchev–Trinajstić information content (AvgIpc) is 2.53. The molecule has 0 amide bonds. The topological polar surface area (TPSA) is 99.8 Å². The standard InChI is InChI=1S/C5H11NO.C5H12.C4H9NO.C4H11N.C3H9N/c1-4(6)5-2-3-7-5;1-4-5(2)3;5-3-4-1-2-6-4;1-4-5(2)3;1-2-3-4/h4-5H,2-3,6H2,1H3;5H,4H2,1-3H3;4H,1-3,5H2;4H2,1-3H3;2-4H2,1H3. The highest BCUT2D eigenvalue weighted by Gasteiger charge is 2.21. The molecule has 0 aromatic carbocycles. The van der Waals surface area contributed by atoms with Gasteiger partial charge in [-0.1, -0.05) is 41.0 Å². The van der Waals surface area contributed by atoms with Crippen molar-refractivity contribution in [2.45, 2.75) is 85.5 Å². The minimum Gasteiger partial charge on any atom is -0.377 e. The van der Waals surface area contributed by atoms with Crippen LogP contribution in [0, 0.1) is 5.92 Å². The zero-order valence-electron chi connectivity index (χ0n) is 19.7. The second-order valence-corrected chi connectivity index (χ2v) is 7.56. The first-order chi connectivity index (χ1) is 12.7. The molecule has 6 N–H and O–H groups in total. The first kappa shape index (κ1) is 31.5. The molecule has 0 bridgehead atoms. The molecule has 6 heteroatoms. The van der Waals surface area contributed by atoms with E-state index in [9.17, 15) is 0 Å². The van der Waals surface area contributed by atoms with Crippen molar-refractivity contribution in [2.75, 3.05) is 46.9 Å². The van der Waals surface area contributed by atoms with Crippen LogP contribution in [0.5, 0.6) is 0 Å². The third kappa shape index (κ3) is 28.1. The highest BCUT2D eigenvalue weighted by atomic mass is 16.5. The highest BCUT2D eigenvalue weighted by molar-refractivity contribution is 4.74. The Hall–Kier alpha value is -0.240. The monoisotopic (exact) mass is 392 g/mol. The van der Waals surface area contributed by atoms with Crippen LogP contribution in [0.4, 0.5) is 0 Å². The van der Waals surface area contributed by atoms with E-state index in [0.717, 1.165) is 51.5 Å². The summed E-state index contributed by atoms with van der Waals surface area (Å²) in [7, 11) is 4.11. The lowest BCUT2D eigenvalue weighted by molar-refractivity contribution is -0.0611. The predicted octanol–water partition coefficient (Wildman–Crippen LogP) is 2.83. The molecule has 2 aliphatic heterocycles. The molecule has 0 saturated carbocycles. The Morgan fingerprint density at radius 3 is 1.33 bits per heavy atom. The lowest BCUT2D eigenvalue weighted by Crippen LogP contribution is -2.41. The summed E-state index contributed by atoms with van der Waals surface area (Å²) in [6.45, 7) is 17.3. The maximum absolute atomic E-state index is 5.47. The Morgan fingerprint density at radius 2 is 1.33 bits per heavy atom. The van der Waals surface area contributed by atoms with E-state index >= 15 is 0 Å². The molecule has 3 atom stereocenters. The number of hydrogen-bond donors (Lipinski definition) is 3. The van der Waals surface area contributed by atoms with Crippen molar-refractivity contribution in [2.24, 2.45) is 23.1 Å². The van der Waals surface area contributed by atoms with Crippen LogP contribution in [0.15, 0.2) is 0 Å². The van der Waals surface area contributed by atoms with E-state index in [1.807, 2.05) is 6.92 Å². The molecule has 2 rings (SSSR count). The molecule has 168 valence electrons. The lowest BCUT2D eigenvalue weighted by atomic mass is 10.1. The smallest absolute Gasteiger partial charge is 0.0745 e. The second kappa shape index (κ2) is 23.8. The molecule has 27 heavy (non-hydrogen) atoms. The summed E-state index contributed by atoms with van der Waals surface area (Å²) in [6, 6.07) is 0.230. The fraction of sp³-hybridized carbons (Fsp3) is 1.00. The van der Waals surface area contributed by atoms with Gasteiger partial charge in [-0.2, -0.15) is 0 Å². The first-order valence-electron chi connectivity index (χ1n) is 10.7. The third-order valence-electron chi connectivity index (χ3n) is 4.11.